The smallest absolute Gasteiger partial charge is 0.0818 e. The molecule has 0 aliphatic carbocycles. The molecule has 0 spiro atoms. The van der Waals surface area contributed by atoms with E-state index >= 15 is 0 Å². The molecule has 0 bridgehead atoms. The topological polar surface area (TPSA) is 53.2 Å². The Kier molecular flexibility index (Phi) is 2.67. The van der Waals surface area contributed by atoms with Gasteiger partial charge in [0.05, 0.1) is 24.7 Å². The summed E-state index contributed by atoms with van der Waals surface area (Å²) in [6.07, 6.45) is 1.40. The van der Waals surface area contributed by atoms with Gasteiger partial charge in [-0.25, -0.2) is 0 Å². The number of ether oxygens (including phenoxy) is 1. The molecule has 10 heavy (non-hydrogen) atoms. The first-order valence-electron chi connectivity index (χ1n) is 3.49. The Morgan fingerprint density at radius 1 is 1.70 bits per heavy atom. The van der Waals surface area contributed by atoms with Crippen molar-refractivity contribution in [1.82, 2.24) is 0 Å². The molecule has 1 aliphatic heterocycles. The van der Waals surface area contributed by atoms with E-state index in [-0.39, 0.29) is 18.6 Å². The van der Waals surface area contributed by atoms with Crippen molar-refractivity contribution < 1.29 is 9.84 Å². The third-order valence-corrected chi connectivity index (χ3v) is 1.75. The Bertz CT molecular complexity index is 141. The minimum absolute atomic E-state index is 0.0399. The summed E-state index contributed by atoms with van der Waals surface area (Å²) >= 11 is 0. The van der Waals surface area contributed by atoms with Crippen molar-refractivity contribution in [2.75, 3.05) is 13.2 Å². The number of hydrogen-bond donors (Lipinski definition) is 1. The zero-order valence-electron chi connectivity index (χ0n) is 5.79. The molecule has 1 aliphatic rings. The fourth-order valence-corrected chi connectivity index (χ4v) is 1.12. The number of aliphatic hydroxyl groups excluding tert-OH is 1. The van der Waals surface area contributed by atoms with Crippen LogP contribution in [0.4, 0.5) is 0 Å². The van der Waals surface area contributed by atoms with Crippen LogP contribution in [-0.2, 0) is 4.74 Å². The van der Waals surface area contributed by atoms with E-state index in [1.807, 2.05) is 0 Å². The molecule has 1 heterocycles. The largest absolute Gasteiger partial charge is 0.394 e. The van der Waals surface area contributed by atoms with Gasteiger partial charge < -0.3 is 9.84 Å². The molecule has 0 saturated carbocycles. The van der Waals surface area contributed by atoms with Crippen molar-refractivity contribution in [2.45, 2.75) is 18.9 Å². The number of rotatable bonds is 1. The summed E-state index contributed by atoms with van der Waals surface area (Å²) in [5.74, 6) is 0.0888. The molecule has 1 fully saturated rings. The highest BCUT2D eigenvalue weighted by atomic mass is 16.5. The van der Waals surface area contributed by atoms with E-state index in [9.17, 15) is 0 Å². The van der Waals surface area contributed by atoms with Gasteiger partial charge in [-0.1, -0.05) is 0 Å². The van der Waals surface area contributed by atoms with Crippen LogP contribution >= 0.6 is 0 Å². The van der Waals surface area contributed by atoms with Gasteiger partial charge in [-0.3, -0.25) is 0 Å². The van der Waals surface area contributed by atoms with Gasteiger partial charge in [-0.05, 0) is 12.8 Å². The Hall–Kier alpha value is -0.590. The van der Waals surface area contributed by atoms with Crippen molar-refractivity contribution in [3.63, 3.8) is 0 Å². The van der Waals surface area contributed by atoms with Crippen molar-refractivity contribution in [3.8, 4) is 6.07 Å². The van der Waals surface area contributed by atoms with Gasteiger partial charge in [-0.2, -0.15) is 5.26 Å². The average molecular weight is 141 g/mol. The van der Waals surface area contributed by atoms with Gasteiger partial charge in [0.15, 0.2) is 0 Å². The summed E-state index contributed by atoms with van der Waals surface area (Å²) in [4.78, 5) is 0. The lowest BCUT2D eigenvalue weighted by atomic mass is 9.98. The lowest BCUT2D eigenvalue weighted by Crippen LogP contribution is -2.27. The second-order valence-electron chi connectivity index (χ2n) is 2.53. The van der Waals surface area contributed by atoms with Crippen LogP contribution in [0, 0.1) is 17.2 Å². The summed E-state index contributed by atoms with van der Waals surface area (Å²) in [6.45, 7) is 0.654. The molecule has 1 saturated heterocycles. The van der Waals surface area contributed by atoms with Crippen LogP contribution in [0.5, 0.6) is 0 Å². The molecular weight excluding hydrogens is 130 g/mol. The average Bonchev–Trinajstić information content (AvgIpc) is 2.05. The number of nitrogens with zero attached hydrogens (tertiary/aromatic N) is 1. The molecule has 0 radical (unpaired) electrons. The number of hydrogen-bond acceptors (Lipinski definition) is 3. The molecule has 0 aromatic heterocycles. The maximum absolute atomic E-state index is 8.67. The van der Waals surface area contributed by atoms with Crippen LogP contribution in [0.15, 0.2) is 0 Å². The second-order valence-corrected chi connectivity index (χ2v) is 2.53. The fraction of sp³-hybridized carbons (Fsp3) is 0.857. The van der Waals surface area contributed by atoms with Gasteiger partial charge in [0.2, 0.25) is 0 Å². The lowest BCUT2D eigenvalue weighted by molar-refractivity contribution is -0.0287. The summed E-state index contributed by atoms with van der Waals surface area (Å²) in [5, 5.41) is 17.2. The molecule has 3 nitrogen and oxygen atoms in total. The van der Waals surface area contributed by atoms with E-state index in [0.717, 1.165) is 6.42 Å². The van der Waals surface area contributed by atoms with Crippen LogP contribution in [0.3, 0.4) is 0 Å². The van der Waals surface area contributed by atoms with Crippen LogP contribution < -0.4 is 0 Å². The Labute approximate surface area is 60.2 Å². The minimum atomic E-state index is -0.0987. The third kappa shape index (κ3) is 1.69. The molecular formula is C7H11NO2. The standard InChI is InChI=1S/C7H11NO2/c8-4-6-1-2-10-7(3-6)5-9/h6-7,9H,1-3,5H2. The Morgan fingerprint density at radius 3 is 3.10 bits per heavy atom. The van der Waals surface area contributed by atoms with Crippen molar-refractivity contribution in [1.29, 1.82) is 5.26 Å². The zero-order valence-corrected chi connectivity index (χ0v) is 5.79. The van der Waals surface area contributed by atoms with E-state index in [4.69, 9.17) is 15.1 Å². The highest BCUT2D eigenvalue weighted by Gasteiger charge is 2.20. The van der Waals surface area contributed by atoms with Gasteiger partial charge in [0.25, 0.3) is 0 Å². The summed E-state index contributed by atoms with van der Waals surface area (Å²) in [6, 6.07) is 2.18. The van der Waals surface area contributed by atoms with E-state index in [2.05, 4.69) is 6.07 Å². The van der Waals surface area contributed by atoms with Crippen LogP contribution in [0.1, 0.15) is 12.8 Å². The summed E-state index contributed by atoms with van der Waals surface area (Å²) in [7, 11) is 0. The second kappa shape index (κ2) is 3.55. The first-order valence-corrected chi connectivity index (χ1v) is 3.49. The van der Waals surface area contributed by atoms with Gasteiger partial charge in [0.1, 0.15) is 0 Å². The zero-order chi connectivity index (χ0) is 7.40. The molecule has 2 atom stereocenters. The number of aliphatic hydroxyl groups is 1. The Balaban J connectivity index is 2.33. The van der Waals surface area contributed by atoms with E-state index in [1.54, 1.807) is 0 Å². The van der Waals surface area contributed by atoms with Gasteiger partial charge in [0, 0.05) is 6.61 Å². The fourth-order valence-electron chi connectivity index (χ4n) is 1.12. The van der Waals surface area contributed by atoms with Crippen LogP contribution in [0.25, 0.3) is 0 Å². The summed E-state index contributed by atoms with van der Waals surface area (Å²) < 4.78 is 5.16. The molecule has 2 unspecified atom stereocenters. The van der Waals surface area contributed by atoms with Crippen molar-refractivity contribution in [2.24, 2.45) is 5.92 Å². The maximum atomic E-state index is 8.67. The molecule has 1 rings (SSSR count). The van der Waals surface area contributed by atoms with E-state index < -0.39 is 0 Å². The first kappa shape index (κ1) is 7.52. The molecule has 0 amide bonds. The van der Waals surface area contributed by atoms with Crippen LogP contribution in [-0.4, -0.2) is 24.4 Å². The third-order valence-electron chi connectivity index (χ3n) is 1.75. The predicted octanol–water partition coefficient (Wildman–Crippen LogP) is 0.297. The maximum Gasteiger partial charge on any atom is 0.0818 e. The quantitative estimate of drug-likeness (QED) is 0.571. The van der Waals surface area contributed by atoms with Crippen LogP contribution in [0.2, 0.25) is 0 Å². The molecule has 56 valence electrons. The molecule has 1 N–H and O–H groups in total. The van der Waals surface area contributed by atoms with Gasteiger partial charge >= 0.3 is 0 Å². The van der Waals surface area contributed by atoms with Crippen molar-refractivity contribution >= 4 is 0 Å². The first-order chi connectivity index (χ1) is 4.86. The van der Waals surface area contributed by atoms with E-state index in [1.165, 1.54) is 0 Å². The Morgan fingerprint density at radius 2 is 2.50 bits per heavy atom. The predicted molar refractivity (Wildman–Crippen MR) is 35.2 cm³/mol. The normalized spacial score (nSPS) is 33.2. The molecule has 0 aromatic carbocycles. The molecule has 3 heteroatoms. The van der Waals surface area contributed by atoms with E-state index in [0.29, 0.717) is 13.0 Å². The highest BCUT2D eigenvalue weighted by Crippen LogP contribution is 2.18. The minimum Gasteiger partial charge on any atom is -0.394 e. The molecule has 0 aromatic rings. The van der Waals surface area contributed by atoms with Gasteiger partial charge in [-0.15, -0.1) is 0 Å². The summed E-state index contributed by atoms with van der Waals surface area (Å²) in [5.41, 5.74) is 0. The lowest BCUT2D eigenvalue weighted by Gasteiger charge is -2.23. The monoisotopic (exact) mass is 141 g/mol. The van der Waals surface area contributed by atoms with Crippen molar-refractivity contribution in [3.05, 3.63) is 0 Å². The highest BCUT2D eigenvalue weighted by molar-refractivity contribution is 4.86. The SMILES string of the molecule is N#CC1CCOC(CO)C1. The number of nitriles is 1.